The highest BCUT2D eigenvalue weighted by Crippen LogP contribution is 2.25. The van der Waals surface area contributed by atoms with Gasteiger partial charge in [-0.3, -0.25) is 4.90 Å². The van der Waals surface area contributed by atoms with Crippen molar-refractivity contribution in [2.24, 2.45) is 0 Å². The summed E-state index contributed by atoms with van der Waals surface area (Å²) in [4.78, 5) is 6.35. The fraction of sp³-hybridized carbons (Fsp3) is 0.615. The maximum absolute atomic E-state index is 12.6. The van der Waals surface area contributed by atoms with Gasteiger partial charge in [0.25, 0.3) is 10.0 Å². The molecule has 2 fully saturated rings. The summed E-state index contributed by atoms with van der Waals surface area (Å²) in [5, 5.41) is 9.05. The van der Waals surface area contributed by atoms with E-state index in [9.17, 15) is 8.42 Å². The van der Waals surface area contributed by atoms with Gasteiger partial charge in [-0.1, -0.05) is 6.07 Å². The third-order valence-corrected chi connectivity index (χ3v) is 5.92. The maximum Gasteiger partial charge on any atom is 0.260 e. The van der Waals surface area contributed by atoms with Gasteiger partial charge >= 0.3 is 0 Å². The number of nitrogens with zero attached hydrogens (tertiary/aromatic N) is 3. The Morgan fingerprint density at radius 3 is 2.85 bits per heavy atom. The normalized spacial score (nSPS) is 24.8. The third-order valence-electron chi connectivity index (χ3n) is 4.13. The van der Waals surface area contributed by atoms with E-state index in [4.69, 9.17) is 5.11 Å². The van der Waals surface area contributed by atoms with E-state index in [1.165, 1.54) is 12.3 Å². The summed E-state index contributed by atoms with van der Waals surface area (Å²) in [5.74, 6) is 0. The molecule has 0 aromatic carbocycles. The minimum atomic E-state index is -3.51. The molecule has 6 nitrogen and oxygen atoms in total. The van der Waals surface area contributed by atoms with E-state index >= 15 is 0 Å². The number of aliphatic hydroxyl groups excluding tert-OH is 1. The summed E-state index contributed by atoms with van der Waals surface area (Å²) in [6.45, 7) is 2.85. The zero-order valence-electron chi connectivity index (χ0n) is 11.3. The van der Waals surface area contributed by atoms with Crippen molar-refractivity contribution < 1.29 is 13.5 Å². The van der Waals surface area contributed by atoms with Crippen LogP contribution in [0, 0.1) is 0 Å². The average Bonchev–Trinajstić information content (AvgIpc) is 2.94. The van der Waals surface area contributed by atoms with Crippen molar-refractivity contribution in [3.63, 3.8) is 0 Å². The van der Waals surface area contributed by atoms with E-state index < -0.39 is 10.0 Å². The molecule has 0 saturated carbocycles. The Kier molecular flexibility index (Phi) is 3.76. The molecule has 0 radical (unpaired) electrons. The van der Waals surface area contributed by atoms with Crippen LogP contribution in [-0.4, -0.2) is 59.9 Å². The van der Waals surface area contributed by atoms with Crippen molar-refractivity contribution in [1.29, 1.82) is 0 Å². The smallest absolute Gasteiger partial charge is 0.260 e. The van der Waals surface area contributed by atoms with Crippen molar-refractivity contribution >= 4 is 10.0 Å². The van der Waals surface area contributed by atoms with Crippen molar-refractivity contribution in [3.8, 4) is 0 Å². The summed E-state index contributed by atoms with van der Waals surface area (Å²) >= 11 is 0. The van der Waals surface area contributed by atoms with Crippen LogP contribution in [0.4, 0.5) is 0 Å². The minimum absolute atomic E-state index is 0.0705. The van der Waals surface area contributed by atoms with E-state index in [-0.39, 0.29) is 11.6 Å². The van der Waals surface area contributed by atoms with Crippen LogP contribution in [0.25, 0.3) is 0 Å². The standard InChI is InChI=1S/C13H19N3O3S/c17-10-11-3-4-13(14-8-11)20(18,19)16-7-6-15-5-1-2-12(15)9-16/h3-4,8,12,17H,1-2,5-7,9-10H2. The fourth-order valence-electron chi connectivity index (χ4n) is 2.97. The van der Waals surface area contributed by atoms with Gasteiger partial charge in [0.1, 0.15) is 0 Å². The molecule has 7 heteroatoms. The molecule has 1 N–H and O–H groups in total. The topological polar surface area (TPSA) is 73.7 Å². The number of hydrogen-bond donors (Lipinski definition) is 1. The lowest BCUT2D eigenvalue weighted by Crippen LogP contribution is -2.52. The number of rotatable bonds is 3. The van der Waals surface area contributed by atoms with Gasteiger partial charge in [-0.05, 0) is 31.0 Å². The van der Waals surface area contributed by atoms with Gasteiger partial charge in [-0.25, -0.2) is 13.4 Å². The number of piperazine rings is 1. The molecule has 0 bridgehead atoms. The van der Waals surface area contributed by atoms with Crippen LogP contribution in [0.3, 0.4) is 0 Å². The monoisotopic (exact) mass is 297 g/mol. The van der Waals surface area contributed by atoms with Crippen LogP contribution in [0.5, 0.6) is 0 Å². The lowest BCUT2D eigenvalue weighted by Gasteiger charge is -2.36. The van der Waals surface area contributed by atoms with E-state index in [1.807, 2.05) is 0 Å². The van der Waals surface area contributed by atoms with Crippen LogP contribution in [0.2, 0.25) is 0 Å². The summed E-state index contributed by atoms with van der Waals surface area (Å²) in [7, 11) is -3.51. The summed E-state index contributed by atoms with van der Waals surface area (Å²) in [6.07, 6.45) is 3.64. The molecule has 1 aromatic heterocycles. The predicted molar refractivity (Wildman–Crippen MR) is 73.5 cm³/mol. The summed E-state index contributed by atoms with van der Waals surface area (Å²) < 4.78 is 26.7. The molecule has 1 aromatic rings. The van der Waals surface area contributed by atoms with Crippen molar-refractivity contribution in [3.05, 3.63) is 23.9 Å². The van der Waals surface area contributed by atoms with Gasteiger partial charge < -0.3 is 5.11 Å². The van der Waals surface area contributed by atoms with Crippen LogP contribution in [-0.2, 0) is 16.6 Å². The highest BCUT2D eigenvalue weighted by Gasteiger charge is 2.36. The molecule has 3 rings (SSSR count). The van der Waals surface area contributed by atoms with E-state index in [1.54, 1.807) is 10.4 Å². The molecular weight excluding hydrogens is 278 g/mol. The average molecular weight is 297 g/mol. The molecule has 3 heterocycles. The van der Waals surface area contributed by atoms with Gasteiger partial charge in [-0.15, -0.1) is 0 Å². The van der Waals surface area contributed by atoms with E-state index in [0.29, 0.717) is 24.7 Å². The van der Waals surface area contributed by atoms with Crippen LogP contribution >= 0.6 is 0 Å². The van der Waals surface area contributed by atoms with Crippen LogP contribution < -0.4 is 0 Å². The molecule has 0 amide bonds. The zero-order chi connectivity index (χ0) is 14.2. The molecule has 1 atom stereocenters. The Hall–Kier alpha value is -1.02. The molecule has 1 unspecified atom stereocenters. The number of fused-ring (bicyclic) bond motifs is 1. The zero-order valence-corrected chi connectivity index (χ0v) is 12.1. The number of sulfonamides is 1. The highest BCUT2D eigenvalue weighted by atomic mass is 32.2. The molecule has 2 aliphatic rings. The number of aliphatic hydroxyl groups is 1. The Morgan fingerprint density at radius 2 is 2.15 bits per heavy atom. The summed E-state index contributed by atoms with van der Waals surface area (Å²) in [6, 6.07) is 3.43. The van der Waals surface area contributed by atoms with Gasteiger partial charge in [-0.2, -0.15) is 4.31 Å². The Morgan fingerprint density at radius 1 is 1.30 bits per heavy atom. The molecular formula is C13H19N3O3S. The third kappa shape index (κ3) is 2.46. The van der Waals surface area contributed by atoms with Gasteiger partial charge in [0.15, 0.2) is 5.03 Å². The minimum Gasteiger partial charge on any atom is -0.392 e. The highest BCUT2D eigenvalue weighted by molar-refractivity contribution is 7.89. The van der Waals surface area contributed by atoms with Crippen molar-refractivity contribution in [2.45, 2.75) is 30.5 Å². The lowest BCUT2D eigenvalue weighted by molar-refractivity contribution is 0.158. The predicted octanol–water partition coefficient (Wildman–Crippen LogP) is 0.0426. The number of aromatic nitrogens is 1. The lowest BCUT2D eigenvalue weighted by atomic mass is 10.2. The Bertz CT molecular complexity index is 573. The molecule has 2 aliphatic heterocycles. The first-order valence-electron chi connectivity index (χ1n) is 6.91. The molecule has 0 aliphatic carbocycles. The molecule has 0 spiro atoms. The quantitative estimate of drug-likeness (QED) is 0.853. The van der Waals surface area contributed by atoms with E-state index in [0.717, 1.165) is 25.9 Å². The second kappa shape index (κ2) is 5.40. The van der Waals surface area contributed by atoms with Gasteiger partial charge in [0.05, 0.1) is 6.61 Å². The second-order valence-corrected chi connectivity index (χ2v) is 7.24. The maximum atomic E-state index is 12.6. The summed E-state index contributed by atoms with van der Waals surface area (Å²) in [5.41, 5.74) is 0.615. The van der Waals surface area contributed by atoms with Crippen LogP contribution in [0.1, 0.15) is 18.4 Å². The largest absolute Gasteiger partial charge is 0.392 e. The fourth-order valence-corrected chi connectivity index (χ4v) is 4.35. The first kappa shape index (κ1) is 13.9. The van der Waals surface area contributed by atoms with Crippen molar-refractivity contribution in [1.82, 2.24) is 14.2 Å². The number of pyridine rings is 1. The van der Waals surface area contributed by atoms with E-state index in [2.05, 4.69) is 9.88 Å². The van der Waals surface area contributed by atoms with Crippen molar-refractivity contribution in [2.75, 3.05) is 26.2 Å². The van der Waals surface area contributed by atoms with Gasteiger partial charge in [0, 0.05) is 31.9 Å². The number of hydrogen-bond acceptors (Lipinski definition) is 5. The Balaban J connectivity index is 1.80. The first-order chi connectivity index (χ1) is 9.61. The second-order valence-electron chi connectivity index (χ2n) is 5.36. The van der Waals surface area contributed by atoms with Gasteiger partial charge in [0.2, 0.25) is 0 Å². The van der Waals surface area contributed by atoms with Crippen LogP contribution in [0.15, 0.2) is 23.4 Å². The molecule has 20 heavy (non-hydrogen) atoms. The first-order valence-corrected chi connectivity index (χ1v) is 8.35. The SMILES string of the molecule is O=S(=O)(c1ccc(CO)cn1)N1CCN2CCCC2C1. The molecule has 110 valence electrons. The molecule has 2 saturated heterocycles. The Labute approximate surface area is 119 Å².